The van der Waals surface area contributed by atoms with Crippen molar-refractivity contribution in [3.8, 4) is 11.8 Å². The van der Waals surface area contributed by atoms with Crippen LogP contribution in [0, 0.1) is 17.7 Å². The summed E-state index contributed by atoms with van der Waals surface area (Å²) in [6.45, 7) is 0.967. The predicted octanol–water partition coefficient (Wildman–Crippen LogP) is 0.203. The first kappa shape index (κ1) is 14.9. The van der Waals surface area contributed by atoms with Gasteiger partial charge in [0.15, 0.2) is 0 Å². The number of rotatable bonds is 3. The van der Waals surface area contributed by atoms with Crippen molar-refractivity contribution in [1.82, 2.24) is 4.72 Å². The Bertz CT molecular complexity index is 643. The van der Waals surface area contributed by atoms with E-state index < -0.39 is 15.8 Å². The second-order valence-corrected chi connectivity index (χ2v) is 6.02. The summed E-state index contributed by atoms with van der Waals surface area (Å²) in [4.78, 5) is -0.386. The molecule has 1 aliphatic heterocycles. The monoisotopic (exact) mass is 298 g/mol. The smallest absolute Gasteiger partial charge is 0.243 e. The summed E-state index contributed by atoms with van der Waals surface area (Å²) < 4.78 is 45.5. The van der Waals surface area contributed by atoms with Gasteiger partial charge < -0.3 is 10.5 Å². The van der Waals surface area contributed by atoms with Crippen molar-refractivity contribution in [3.05, 3.63) is 29.6 Å². The molecule has 20 heavy (non-hydrogen) atoms. The van der Waals surface area contributed by atoms with Crippen LogP contribution in [-0.2, 0) is 14.8 Å². The number of hydrogen-bond donors (Lipinski definition) is 2. The lowest BCUT2D eigenvalue weighted by atomic mass is 10.2. The summed E-state index contributed by atoms with van der Waals surface area (Å²) in [6, 6.07) is 3.43. The molecule has 0 amide bonds. The van der Waals surface area contributed by atoms with E-state index in [0.717, 1.165) is 6.07 Å². The highest BCUT2D eigenvalue weighted by Gasteiger charge is 2.25. The van der Waals surface area contributed by atoms with Gasteiger partial charge in [-0.2, -0.15) is 0 Å². The molecule has 0 spiro atoms. The molecule has 2 rings (SSSR count). The van der Waals surface area contributed by atoms with Crippen molar-refractivity contribution >= 4 is 10.0 Å². The van der Waals surface area contributed by atoms with E-state index in [4.69, 9.17) is 10.5 Å². The molecule has 0 aromatic heterocycles. The Hall–Kier alpha value is -1.46. The molecule has 1 fully saturated rings. The van der Waals surface area contributed by atoms with E-state index in [1.54, 1.807) is 0 Å². The van der Waals surface area contributed by atoms with Crippen molar-refractivity contribution in [2.75, 3.05) is 19.8 Å². The average Bonchev–Trinajstić information content (AvgIpc) is 2.88. The Balaban J connectivity index is 2.23. The third-order valence-corrected chi connectivity index (χ3v) is 4.36. The molecule has 0 saturated carbocycles. The van der Waals surface area contributed by atoms with Crippen molar-refractivity contribution in [2.24, 2.45) is 5.73 Å². The number of nitrogens with two attached hydrogens (primary N) is 1. The third kappa shape index (κ3) is 3.55. The van der Waals surface area contributed by atoms with Gasteiger partial charge in [0.1, 0.15) is 10.7 Å². The van der Waals surface area contributed by atoms with E-state index in [-0.39, 0.29) is 17.5 Å². The fourth-order valence-corrected chi connectivity index (χ4v) is 3.17. The van der Waals surface area contributed by atoms with E-state index in [1.807, 2.05) is 0 Å². The normalized spacial score (nSPS) is 18.6. The van der Waals surface area contributed by atoms with E-state index in [0.29, 0.717) is 25.2 Å². The zero-order valence-corrected chi connectivity index (χ0v) is 11.5. The van der Waals surface area contributed by atoms with Gasteiger partial charge in [0.05, 0.1) is 13.2 Å². The fraction of sp³-hybridized carbons (Fsp3) is 0.385. The lowest BCUT2D eigenvalue weighted by Gasteiger charge is -2.12. The van der Waals surface area contributed by atoms with Crippen LogP contribution in [0.2, 0.25) is 0 Å². The summed E-state index contributed by atoms with van der Waals surface area (Å²) in [5.74, 6) is 4.39. The van der Waals surface area contributed by atoms with Gasteiger partial charge in [0.25, 0.3) is 0 Å². The molecular weight excluding hydrogens is 283 g/mol. The molecule has 1 aromatic rings. The number of hydrogen-bond acceptors (Lipinski definition) is 4. The van der Waals surface area contributed by atoms with Crippen LogP contribution in [0.25, 0.3) is 0 Å². The van der Waals surface area contributed by atoms with Crippen LogP contribution in [-0.4, -0.2) is 34.2 Å². The van der Waals surface area contributed by atoms with Crippen LogP contribution in [0.15, 0.2) is 23.1 Å². The van der Waals surface area contributed by atoms with Gasteiger partial charge in [-0.3, -0.25) is 0 Å². The van der Waals surface area contributed by atoms with Gasteiger partial charge in [0, 0.05) is 18.2 Å². The topological polar surface area (TPSA) is 81.4 Å². The molecular formula is C13H15FN2O3S. The van der Waals surface area contributed by atoms with Crippen molar-refractivity contribution in [3.63, 3.8) is 0 Å². The van der Waals surface area contributed by atoms with E-state index in [9.17, 15) is 12.8 Å². The minimum Gasteiger partial charge on any atom is -0.380 e. The minimum absolute atomic E-state index is 0.158. The van der Waals surface area contributed by atoms with Crippen molar-refractivity contribution < 1.29 is 17.5 Å². The summed E-state index contributed by atoms with van der Waals surface area (Å²) in [6.07, 6.45) is 0.584. The molecule has 1 aliphatic rings. The molecule has 1 aromatic carbocycles. The summed E-state index contributed by atoms with van der Waals surface area (Å²) in [5.41, 5.74) is 5.61. The van der Waals surface area contributed by atoms with Crippen LogP contribution in [0.1, 0.15) is 12.0 Å². The fourth-order valence-electron chi connectivity index (χ4n) is 1.86. The van der Waals surface area contributed by atoms with Gasteiger partial charge in [-0.15, -0.1) is 0 Å². The van der Waals surface area contributed by atoms with Crippen molar-refractivity contribution in [1.29, 1.82) is 0 Å². The Labute approximate surface area is 117 Å². The number of benzene rings is 1. The van der Waals surface area contributed by atoms with Crippen LogP contribution < -0.4 is 10.5 Å². The molecule has 108 valence electrons. The molecule has 0 radical (unpaired) electrons. The number of sulfonamides is 1. The van der Waals surface area contributed by atoms with Gasteiger partial charge in [-0.1, -0.05) is 11.8 Å². The standard InChI is InChI=1S/C13H15FN2O3S/c14-12-8-10(2-1-6-15)3-4-13(12)20(17,18)16-11-5-7-19-9-11/h3-4,8,11,16H,5-7,9,15H2. The highest BCUT2D eigenvalue weighted by Crippen LogP contribution is 2.17. The average molecular weight is 298 g/mol. The minimum atomic E-state index is -3.89. The molecule has 1 saturated heterocycles. The third-order valence-electron chi connectivity index (χ3n) is 2.81. The van der Waals surface area contributed by atoms with Crippen molar-refractivity contribution in [2.45, 2.75) is 17.4 Å². The van der Waals surface area contributed by atoms with Crippen LogP contribution in [0.3, 0.4) is 0 Å². The molecule has 0 bridgehead atoms. The van der Waals surface area contributed by atoms with Gasteiger partial charge in [-0.05, 0) is 24.6 Å². The Morgan fingerprint density at radius 1 is 1.50 bits per heavy atom. The van der Waals surface area contributed by atoms with Crippen LogP contribution in [0.4, 0.5) is 4.39 Å². The molecule has 1 heterocycles. The highest BCUT2D eigenvalue weighted by atomic mass is 32.2. The molecule has 7 heteroatoms. The van der Waals surface area contributed by atoms with Crippen LogP contribution in [0.5, 0.6) is 0 Å². The molecule has 1 atom stereocenters. The first-order valence-electron chi connectivity index (χ1n) is 6.11. The van der Waals surface area contributed by atoms with Crippen LogP contribution >= 0.6 is 0 Å². The first-order chi connectivity index (χ1) is 9.53. The molecule has 3 N–H and O–H groups in total. The summed E-state index contributed by atoms with van der Waals surface area (Å²) in [5, 5.41) is 0. The number of nitrogens with one attached hydrogen (secondary N) is 1. The second kappa shape index (κ2) is 6.33. The Kier molecular flexibility index (Phi) is 4.73. The highest BCUT2D eigenvalue weighted by molar-refractivity contribution is 7.89. The SMILES string of the molecule is NCC#Cc1ccc(S(=O)(=O)NC2CCOC2)c(F)c1. The lowest BCUT2D eigenvalue weighted by molar-refractivity contribution is 0.192. The quantitative estimate of drug-likeness (QED) is 0.781. The maximum atomic E-state index is 13.9. The maximum Gasteiger partial charge on any atom is 0.243 e. The predicted molar refractivity (Wildman–Crippen MR) is 71.9 cm³/mol. The number of ether oxygens (including phenoxy) is 1. The largest absolute Gasteiger partial charge is 0.380 e. The van der Waals surface area contributed by atoms with E-state index >= 15 is 0 Å². The van der Waals surface area contributed by atoms with Gasteiger partial charge in [0.2, 0.25) is 10.0 Å². The molecule has 1 unspecified atom stereocenters. The Morgan fingerprint density at radius 3 is 2.90 bits per heavy atom. The van der Waals surface area contributed by atoms with Gasteiger partial charge in [-0.25, -0.2) is 17.5 Å². The second-order valence-electron chi connectivity index (χ2n) is 4.33. The maximum absolute atomic E-state index is 13.9. The molecule has 5 nitrogen and oxygen atoms in total. The summed E-state index contributed by atoms with van der Waals surface area (Å²) >= 11 is 0. The van der Waals surface area contributed by atoms with E-state index in [2.05, 4.69) is 16.6 Å². The summed E-state index contributed by atoms with van der Waals surface area (Å²) in [7, 11) is -3.89. The van der Waals surface area contributed by atoms with E-state index in [1.165, 1.54) is 12.1 Å². The Morgan fingerprint density at radius 2 is 2.30 bits per heavy atom. The molecule has 0 aliphatic carbocycles. The zero-order chi connectivity index (χ0) is 14.6. The zero-order valence-electron chi connectivity index (χ0n) is 10.7. The first-order valence-corrected chi connectivity index (χ1v) is 7.60. The number of halogens is 1. The van der Waals surface area contributed by atoms with Gasteiger partial charge >= 0.3 is 0 Å². The lowest BCUT2D eigenvalue weighted by Crippen LogP contribution is -2.35.